The molecule has 0 radical (unpaired) electrons. The van der Waals surface area contributed by atoms with Crippen molar-refractivity contribution in [2.45, 2.75) is 18.9 Å². The molecule has 1 heterocycles. The number of hydrogen-bond donors (Lipinski definition) is 1. The molecule has 0 spiro atoms. The van der Waals surface area contributed by atoms with E-state index in [1.54, 1.807) is 35.2 Å². The summed E-state index contributed by atoms with van der Waals surface area (Å²) in [7, 11) is 0. The van der Waals surface area contributed by atoms with Gasteiger partial charge in [-0.3, -0.25) is 14.9 Å². The summed E-state index contributed by atoms with van der Waals surface area (Å²) < 4.78 is 11.2. The lowest BCUT2D eigenvalue weighted by molar-refractivity contribution is -0.385. The van der Waals surface area contributed by atoms with Crippen molar-refractivity contribution in [2.75, 3.05) is 26.3 Å². The summed E-state index contributed by atoms with van der Waals surface area (Å²) in [5.74, 6) is 0.351. The first-order valence-electron chi connectivity index (χ1n) is 9.18. The minimum atomic E-state index is -0.646. The number of benzene rings is 2. The van der Waals surface area contributed by atoms with E-state index in [9.17, 15) is 20.0 Å². The van der Waals surface area contributed by atoms with Crippen molar-refractivity contribution in [3.8, 4) is 11.5 Å². The molecular weight excluding hydrogens is 364 g/mol. The van der Waals surface area contributed by atoms with Crippen LogP contribution in [0.1, 0.15) is 34.0 Å². The van der Waals surface area contributed by atoms with Gasteiger partial charge in [-0.1, -0.05) is 6.07 Å². The van der Waals surface area contributed by atoms with E-state index in [0.717, 1.165) is 0 Å². The summed E-state index contributed by atoms with van der Waals surface area (Å²) in [5.41, 5.74) is 1.60. The van der Waals surface area contributed by atoms with Crippen LogP contribution in [0.5, 0.6) is 11.5 Å². The van der Waals surface area contributed by atoms with E-state index in [1.165, 1.54) is 6.07 Å². The zero-order valence-corrected chi connectivity index (χ0v) is 15.2. The molecule has 4 rings (SSSR count). The number of morpholine rings is 1. The third-order valence-electron chi connectivity index (χ3n) is 5.10. The number of nitrogens with zero attached hydrogens (tertiary/aromatic N) is 2. The zero-order chi connectivity index (χ0) is 19.7. The molecule has 1 N–H and O–H groups in total. The van der Waals surface area contributed by atoms with E-state index in [2.05, 4.69) is 0 Å². The van der Waals surface area contributed by atoms with Crippen molar-refractivity contribution in [3.05, 3.63) is 63.2 Å². The Labute approximate surface area is 161 Å². The average Bonchev–Trinajstić information content (AvgIpc) is 3.10. The minimum absolute atomic E-state index is 0.128. The summed E-state index contributed by atoms with van der Waals surface area (Å²) in [5, 5.41) is 21.5. The fourth-order valence-corrected chi connectivity index (χ4v) is 3.65. The molecule has 8 nitrogen and oxygen atoms in total. The molecule has 1 fully saturated rings. The number of nitro benzene ring substituents is 1. The van der Waals surface area contributed by atoms with Gasteiger partial charge in [0.2, 0.25) is 5.75 Å². The Morgan fingerprint density at radius 3 is 2.79 bits per heavy atom. The average molecular weight is 384 g/mol. The Bertz CT molecular complexity index is 923. The zero-order valence-electron chi connectivity index (χ0n) is 15.2. The number of rotatable bonds is 4. The van der Waals surface area contributed by atoms with Crippen LogP contribution in [-0.2, 0) is 11.2 Å². The van der Waals surface area contributed by atoms with Gasteiger partial charge in [0.1, 0.15) is 5.75 Å². The number of carbonyl (C=O) groups is 1. The first-order chi connectivity index (χ1) is 13.5. The predicted octanol–water partition coefficient (Wildman–Crippen LogP) is 2.84. The molecule has 28 heavy (non-hydrogen) atoms. The van der Waals surface area contributed by atoms with Gasteiger partial charge in [0, 0.05) is 30.3 Å². The third kappa shape index (κ3) is 3.44. The molecule has 1 saturated heterocycles. The molecule has 0 aromatic heterocycles. The van der Waals surface area contributed by atoms with Gasteiger partial charge in [-0.25, -0.2) is 0 Å². The van der Waals surface area contributed by atoms with Crippen LogP contribution in [-0.4, -0.2) is 47.1 Å². The first kappa shape index (κ1) is 18.4. The molecule has 2 aromatic rings. The van der Waals surface area contributed by atoms with Gasteiger partial charge in [0.05, 0.1) is 24.2 Å². The van der Waals surface area contributed by atoms with Crippen LogP contribution < -0.4 is 4.74 Å². The fourth-order valence-electron chi connectivity index (χ4n) is 3.65. The van der Waals surface area contributed by atoms with Crippen LogP contribution in [0, 0.1) is 10.1 Å². The predicted molar refractivity (Wildman–Crippen MR) is 99.6 cm³/mol. The molecule has 0 bridgehead atoms. The molecule has 1 aliphatic heterocycles. The maximum Gasteiger partial charge on any atom is 0.311 e. The van der Waals surface area contributed by atoms with Crippen molar-refractivity contribution >= 4 is 11.6 Å². The summed E-state index contributed by atoms with van der Waals surface area (Å²) in [6.45, 7) is 2.07. The molecule has 1 aliphatic carbocycles. The summed E-state index contributed by atoms with van der Waals surface area (Å²) >= 11 is 0. The molecule has 1 amide bonds. The van der Waals surface area contributed by atoms with E-state index in [4.69, 9.17) is 9.47 Å². The Morgan fingerprint density at radius 1 is 1.25 bits per heavy atom. The van der Waals surface area contributed by atoms with Crippen molar-refractivity contribution in [2.24, 2.45) is 0 Å². The number of carbonyl (C=O) groups excluding carboxylic acids is 1. The fraction of sp³-hybridized carbons (Fsp3) is 0.350. The van der Waals surface area contributed by atoms with Crippen LogP contribution in [0.2, 0.25) is 0 Å². The van der Waals surface area contributed by atoms with Crippen LogP contribution in [0.25, 0.3) is 0 Å². The number of aliphatic hydroxyl groups excluding tert-OH is 1. The number of aliphatic hydroxyl groups is 1. The van der Waals surface area contributed by atoms with Gasteiger partial charge in [-0.15, -0.1) is 0 Å². The van der Waals surface area contributed by atoms with Crippen molar-refractivity contribution < 1.29 is 24.3 Å². The molecular formula is C20H20N2O6. The normalized spacial score (nSPS) is 18.6. The van der Waals surface area contributed by atoms with Crippen LogP contribution in [0.3, 0.4) is 0 Å². The van der Waals surface area contributed by atoms with Gasteiger partial charge in [0.25, 0.3) is 5.91 Å². The van der Waals surface area contributed by atoms with E-state index >= 15 is 0 Å². The highest BCUT2D eigenvalue weighted by Gasteiger charge is 2.30. The molecule has 1 atom stereocenters. The monoisotopic (exact) mass is 384 g/mol. The highest BCUT2D eigenvalue weighted by atomic mass is 16.6. The maximum atomic E-state index is 12.7. The van der Waals surface area contributed by atoms with Gasteiger partial charge in [0.15, 0.2) is 0 Å². The largest absolute Gasteiger partial charge is 0.450 e. The second-order valence-corrected chi connectivity index (χ2v) is 6.83. The van der Waals surface area contributed by atoms with E-state index in [1.807, 2.05) is 0 Å². The summed E-state index contributed by atoms with van der Waals surface area (Å²) in [4.78, 5) is 25.4. The highest BCUT2D eigenvalue weighted by Crippen LogP contribution is 2.44. The van der Waals surface area contributed by atoms with Crippen LogP contribution >= 0.6 is 0 Å². The smallest absolute Gasteiger partial charge is 0.311 e. The van der Waals surface area contributed by atoms with Gasteiger partial charge < -0.3 is 19.5 Å². The Morgan fingerprint density at radius 2 is 2.04 bits per heavy atom. The number of fused-ring (bicyclic) bond motifs is 1. The Kier molecular flexibility index (Phi) is 4.97. The standard InChI is InChI=1S/C20H20N2O6/c23-18-7-5-16-15(18)4-6-17(22(25)26)19(16)28-14-3-1-2-13(12-14)20(24)21-8-10-27-11-9-21/h1-4,6,12,18,23H,5,7-11H2. The number of ether oxygens (including phenoxy) is 2. The molecule has 1 unspecified atom stereocenters. The Hall–Kier alpha value is -2.97. The molecule has 2 aliphatic rings. The lowest BCUT2D eigenvalue weighted by atomic mass is 10.1. The van der Waals surface area contributed by atoms with Crippen molar-refractivity contribution in [3.63, 3.8) is 0 Å². The lowest BCUT2D eigenvalue weighted by Gasteiger charge is -2.27. The first-order valence-corrected chi connectivity index (χ1v) is 9.18. The van der Waals surface area contributed by atoms with Gasteiger partial charge >= 0.3 is 5.69 Å². The number of nitro groups is 1. The maximum absolute atomic E-state index is 12.7. The molecule has 0 saturated carbocycles. The van der Waals surface area contributed by atoms with E-state index in [0.29, 0.717) is 61.6 Å². The lowest BCUT2D eigenvalue weighted by Crippen LogP contribution is -2.40. The second-order valence-electron chi connectivity index (χ2n) is 6.83. The summed E-state index contributed by atoms with van der Waals surface area (Å²) in [6.07, 6.45) is 0.356. The van der Waals surface area contributed by atoms with Gasteiger partial charge in [-0.05, 0) is 42.7 Å². The highest BCUT2D eigenvalue weighted by molar-refractivity contribution is 5.94. The number of hydrogen-bond acceptors (Lipinski definition) is 6. The SMILES string of the molecule is O=C(c1cccc(Oc2c([N+](=O)[O-])ccc3c2CCC3O)c1)N1CCOCC1. The summed E-state index contributed by atoms with van der Waals surface area (Å²) in [6, 6.07) is 9.56. The topological polar surface area (TPSA) is 102 Å². The van der Waals surface area contributed by atoms with Crippen molar-refractivity contribution in [1.29, 1.82) is 0 Å². The van der Waals surface area contributed by atoms with E-state index < -0.39 is 11.0 Å². The quantitative estimate of drug-likeness (QED) is 0.642. The molecule has 2 aromatic carbocycles. The minimum Gasteiger partial charge on any atom is -0.450 e. The molecule has 8 heteroatoms. The second kappa shape index (κ2) is 7.57. The van der Waals surface area contributed by atoms with Gasteiger partial charge in [-0.2, -0.15) is 0 Å². The molecule has 146 valence electrons. The number of amides is 1. The van der Waals surface area contributed by atoms with Crippen LogP contribution in [0.4, 0.5) is 5.69 Å². The van der Waals surface area contributed by atoms with Crippen molar-refractivity contribution in [1.82, 2.24) is 4.90 Å². The third-order valence-corrected chi connectivity index (χ3v) is 5.10. The Balaban J connectivity index is 1.65. The van der Waals surface area contributed by atoms with Crippen LogP contribution in [0.15, 0.2) is 36.4 Å². The van der Waals surface area contributed by atoms with E-state index in [-0.39, 0.29) is 17.3 Å².